The first-order chi connectivity index (χ1) is 15.5. The molecule has 0 saturated carbocycles. The van der Waals surface area contributed by atoms with Crippen molar-refractivity contribution in [3.05, 3.63) is 80.7 Å². The number of hydrogen-bond acceptors (Lipinski definition) is 6. The Hall–Kier alpha value is -3.65. The van der Waals surface area contributed by atoms with E-state index >= 15 is 0 Å². The zero-order valence-corrected chi connectivity index (χ0v) is 18.0. The number of hydrogen-bond donors (Lipinski definition) is 2. The molecule has 3 aromatic rings. The average Bonchev–Trinajstić information content (AvgIpc) is 3.12. The van der Waals surface area contributed by atoms with Crippen LogP contribution in [-0.2, 0) is 4.79 Å². The molecule has 0 fully saturated rings. The Balaban J connectivity index is 1.62. The molecule has 162 valence electrons. The van der Waals surface area contributed by atoms with Gasteiger partial charge >= 0.3 is 0 Å². The number of methoxy groups -OCH3 is 1. The molecule has 2 heterocycles. The van der Waals surface area contributed by atoms with Crippen LogP contribution >= 0.6 is 11.6 Å². The van der Waals surface area contributed by atoms with E-state index in [1.54, 1.807) is 36.1 Å². The number of benzene rings is 2. The van der Waals surface area contributed by atoms with E-state index in [1.165, 1.54) is 0 Å². The van der Waals surface area contributed by atoms with Crippen molar-refractivity contribution in [2.24, 2.45) is 10.2 Å². The maximum absolute atomic E-state index is 12.9. The summed E-state index contributed by atoms with van der Waals surface area (Å²) in [5.74, 6) is 1.27. The van der Waals surface area contributed by atoms with Gasteiger partial charge in [0.05, 0.1) is 12.8 Å². The van der Waals surface area contributed by atoms with Gasteiger partial charge in [0, 0.05) is 22.7 Å². The molecular weight excluding hydrogens is 430 g/mol. The number of carbonyl (C=O) groups excluding carboxylic acids is 1. The maximum Gasteiger partial charge on any atom is 0.294 e. The Bertz CT molecular complexity index is 1300. The fourth-order valence-corrected chi connectivity index (χ4v) is 4.27. The minimum atomic E-state index is -0.466. The second kappa shape index (κ2) is 8.12. The van der Waals surface area contributed by atoms with Gasteiger partial charge in [-0.25, -0.2) is 0 Å². The number of rotatable bonds is 4. The molecule has 0 bridgehead atoms. The van der Waals surface area contributed by atoms with Crippen LogP contribution in [0.4, 0.5) is 17.2 Å². The number of aromatic nitrogens is 2. The van der Waals surface area contributed by atoms with Crippen molar-refractivity contribution < 1.29 is 9.53 Å². The van der Waals surface area contributed by atoms with Crippen LogP contribution < -0.4 is 15.6 Å². The van der Waals surface area contributed by atoms with Gasteiger partial charge in [-0.2, -0.15) is 5.11 Å². The van der Waals surface area contributed by atoms with Crippen LogP contribution in [0.5, 0.6) is 5.75 Å². The van der Waals surface area contributed by atoms with Crippen molar-refractivity contribution >= 4 is 34.6 Å². The molecule has 1 aliphatic carbocycles. The summed E-state index contributed by atoms with van der Waals surface area (Å²) in [6, 6.07) is 13.9. The van der Waals surface area contributed by atoms with Gasteiger partial charge in [0.1, 0.15) is 11.8 Å². The predicted molar refractivity (Wildman–Crippen MR) is 121 cm³/mol. The van der Waals surface area contributed by atoms with Crippen LogP contribution in [0.1, 0.15) is 30.9 Å². The number of nitrogens with one attached hydrogen (secondary N) is 2. The van der Waals surface area contributed by atoms with Gasteiger partial charge in [-0.3, -0.25) is 19.4 Å². The highest BCUT2D eigenvalue weighted by atomic mass is 35.5. The number of ether oxygens (including phenoxy) is 1. The summed E-state index contributed by atoms with van der Waals surface area (Å²) in [6.07, 6.45) is 1.97. The third-order valence-corrected chi connectivity index (χ3v) is 5.93. The van der Waals surface area contributed by atoms with Crippen LogP contribution in [0, 0.1) is 0 Å². The smallest absolute Gasteiger partial charge is 0.294 e. The number of halogens is 1. The highest BCUT2D eigenvalue weighted by Crippen LogP contribution is 2.42. The molecule has 1 aliphatic heterocycles. The van der Waals surface area contributed by atoms with Gasteiger partial charge in [-0.15, -0.1) is 5.11 Å². The highest BCUT2D eigenvalue weighted by molar-refractivity contribution is 6.30. The number of Topliss-reactive ketones (excluding diaryl/α,β-unsaturated/α-hetero) is 1. The first-order valence-electron chi connectivity index (χ1n) is 10.2. The average molecular weight is 450 g/mol. The largest absolute Gasteiger partial charge is 0.497 e. The number of fused-ring (bicyclic) bond motifs is 1. The first-order valence-corrected chi connectivity index (χ1v) is 10.6. The molecule has 5 rings (SSSR count). The van der Waals surface area contributed by atoms with Gasteiger partial charge in [0.2, 0.25) is 0 Å². The lowest BCUT2D eigenvalue weighted by Gasteiger charge is -2.33. The fraction of sp³-hybridized carbons (Fsp3) is 0.217. The summed E-state index contributed by atoms with van der Waals surface area (Å²) in [7, 11) is 1.60. The lowest BCUT2D eigenvalue weighted by molar-refractivity contribution is -0.116. The fourth-order valence-electron chi connectivity index (χ4n) is 4.15. The van der Waals surface area contributed by atoms with E-state index < -0.39 is 11.6 Å². The zero-order valence-electron chi connectivity index (χ0n) is 17.3. The van der Waals surface area contributed by atoms with Crippen molar-refractivity contribution in [3.8, 4) is 5.75 Å². The third-order valence-electron chi connectivity index (χ3n) is 5.68. The quantitative estimate of drug-likeness (QED) is 0.529. The van der Waals surface area contributed by atoms with Gasteiger partial charge in [-0.05, 0) is 54.8 Å². The normalized spacial score (nSPS) is 17.8. The summed E-state index contributed by atoms with van der Waals surface area (Å²) in [6.45, 7) is 0. The second-order valence-electron chi connectivity index (χ2n) is 7.65. The standard InChI is InChI=1S/C23H20ClN5O3/c1-32-16-11-5-13(6-12-16)21-19-17(3-2-4-18(19)30)25-22-20(23(31)28-29(21)22)27-26-15-9-7-14(24)8-10-15/h5-12,21,25H,2-4H2,1H3,(H,28,31). The van der Waals surface area contributed by atoms with E-state index in [1.807, 2.05) is 24.3 Å². The van der Waals surface area contributed by atoms with Crippen molar-refractivity contribution in [2.75, 3.05) is 12.4 Å². The van der Waals surface area contributed by atoms with Gasteiger partial charge in [0.15, 0.2) is 17.3 Å². The van der Waals surface area contributed by atoms with Crippen LogP contribution in [0.3, 0.4) is 0 Å². The Morgan fingerprint density at radius 3 is 2.50 bits per heavy atom. The molecule has 1 atom stereocenters. The summed E-state index contributed by atoms with van der Waals surface area (Å²) < 4.78 is 6.94. The van der Waals surface area contributed by atoms with Crippen LogP contribution in [0.25, 0.3) is 0 Å². The SMILES string of the molecule is COc1ccc(C2C3=C(CCCC3=O)Nc3c(N=Nc4ccc(Cl)cc4)c(=O)[nH]n32)cc1. The van der Waals surface area contributed by atoms with E-state index in [-0.39, 0.29) is 11.5 Å². The zero-order chi connectivity index (χ0) is 22.2. The minimum absolute atomic E-state index is 0.0732. The monoisotopic (exact) mass is 449 g/mol. The second-order valence-corrected chi connectivity index (χ2v) is 8.09. The minimum Gasteiger partial charge on any atom is -0.497 e. The number of anilines is 1. The molecule has 0 spiro atoms. The number of nitrogens with zero attached hydrogens (tertiary/aromatic N) is 3. The van der Waals surface area contributed by atoms with Crippen molar-refractivity contribution in [3.63, 3.8) is 0 Å². The van der Waals surface area contributed by atoms with E-state index in [4.69, 9.17) is 16.3 Å². The van der Waals surface area contributed by atoms with Crippen LogP contribution in [0.15, 0.2) is 74.8 Å². The Labute approximate surface area is 188 Å². The first kappa shape index (κ1) is 20.3. The molecule has 2 aliphatic rings. The van der Waals surface area contributed by atoms with E-state index in [2.05, 4.69) is 20.6 Å². The van der Waals surface area contributed by atoms with Crippen molar-refractivity contribution in [1.29, 1.82) is 0 Å². The van der Waals surface area contributed by atoms with Crippen LogP contribution in [0.2, 0.25) is 5.02 Å². The summed E-state index contributed by atoms with van der Waals surface area (Å²) >= 11 is 5.92. The molecule has 9 heteroatoms. The van der Waals surface area contributed by atoms with Crippen molar-refractivity contribution in [2.45, 2.75) is 25.3 Å². The topological polar surface area (TPSA) is 101 Å². The molecule has 2 N–H and O–H groups in total. The Morgan fingerprint density at radius 1 is 1.03 bits per heavy atom. The maximum atomic E-state index is 12.9. The summed E-state index contributed by atoms with van der Waals surface area (Å²) in [4.78, 5) is 25.7. The van der Waals surface area contributed by atoms with Gasteiger partial charge < -0.3 is 10.1 Å². The molecule has 0 amide bonds. The number of H-pyrrole nitrogens is 1. The molecular formula is C23H20ClN5O3. The van der Waals surface area contributed by atoms with Gasteiger partial charge in [-0.1, -0.05) is 23.7 Å². The summed E-state index contributed by atoms with van der Waals surface area (Å²) in [5.41, 5.74) is 2.69. The molecule has 8 nitrogen and oxygen atoms in total. The molecule has 0 saturated heterocycles. The van der Waals surface area contributed by atoms with E-state index in [0.29, 0.717) is 34.3 Å². The number of aromatic amines is 1. The Kier molecular flexibility index (Phi) is 5.14. The highest BCUT2D eigenvalue weighted by Gasteiger charge is 2.37. The predicted octanol–water partition coefficient (Wildman–Crippen LogP) is 5.28. The molecule has 1 aromatic heterocycles. The van der Waals surface area contributed by atoms with Crippen LogP contribution in [-0.4, -0.2) is 22.7 Å². The number of ketones is 1. The number of allylic oxidation sites excluding steroid dienone is 2. The molecule has 1 unspecified atom stereocenters. The molecule has 0 radical (unpaired) electrons. The number of azo groups is 1. The van der Waals surface area contributed by atoms with E-state index in [9.17, 15) is 9.59 Å². The van der Waals surface area contributed by atoms with Gasteiger partial charge in [0.25, 0.3) is 5.56 Å². The lowest BCUT2D eigenvalue weighted by atomic mass is 9.85. The van der Waals surface area contributed by atoms with E-state index in [0.717, 1.165) is 24.1 Å². The summed E-state index contributed by atoms with van der Waals surface area (Å²) in [5, 5.41) is 15.1. The third kappa shape index (κ3) is 3.52. The molecule has 2 aromatic carbocycles. The number of carbonyl (C=O) groups is 1. The molecule has 32 heavy (non-hydrogen) atoms. The Morgan fingerprint density at radius 2 is 1.78 bits per heavy atom. The van der Waals surface area contributed by atoms with Crippen molar-refractivity contribution in [1.82, 2.24) is 9.78 Å². The lowest BCUT2D eigenvalue weighted by Crippen LogP contribution is -2.31.